The minimum Gasteiger partial charge on any atom is -0.493 e. The number of ether oxygens (including phenoxy) is 3. The van der Waals surface area contributed by atoms with Crippen molar-refractivity contribution in [3.63, 3.8) is 0 Å². The second kappa shape index (κ2) is 7.79. The zero-order valence-electron chi connectivity index (χ0n) is 13.0. The highest BCUT2D eigenvalue weighted by Gasteiger charge is 2.19. The van der Waals surface area contributed by atoms with E-state index >= 15 is 0 Å². The molecule has 0 saturated heterocycles. The van der Waals surface area contributed by atoms with Crippen molar-refractivity contribution in [3.8, 4) is 11.5 Å². The Bertz CT molecular complexity index is 755. The van der Waals surface area contributed by atoms with Crippen LogP contribution in [0.25, 0.3) is 0 Å². The summed E-state index contributed by atoms with van der Waals surface area (Å²) in [6, 6.07) is 8.33. The van der Waals surface area contributed by atoms with Gasteiger partial charge < -0.3 is 14.2 Å². The molecule has 0 aliphatic heterocycles. The van der Waals surface area contributed by atoms with E-state index in [2.05, 4.69) is 0 Å². The van der Waals surface area contributed by atoms with E-state index in [0.717, 1.165) is 6.07 Å². The van der Waals surface area contributed by atoms with Crippen LogP contribution >= 0.6 is 11.6 Å². The number of benzene rings is 2. The summed E-state index contributed by atoms with van der Waals surface area (Å²) >= 11 is 5.77. The van der Waals surface area contributed by atoms with Gasteiger partial charge in [-0.15, -0.1) is 0 Å². The van der Waals surface area contributed by atoms with Gasteiger partial charge in [0.05, 0.1) is 19.2 Å². The molecule has 0 fully saturated rings. The number of halogens is 2. The van der Waals surface area contributed by atoms with Gasteiger partial charge in [-0.2, -0.15) is 0 Å². The predicted octanol–water partition coefficient (Wildman–Crippen LogP) is 3.54. The van der Waals surface area contributed by atoms with E-state index in [1.807, 2.05) is 0 Å². The van der Waals surface area contributed by atoms with E-state index in [1.54, 1.807) is 6.07 Å². The van der Waals surface area contributed by atoms with Gasteiger partial charge in [0.15, 0.2) is 23.9 Å². The van der Waals surface area contributed by atoms with Crippen molar-refractivity contribution >= 4 is 23.4 Å². The van der Waals surface area contributed by atoms with Crippen LogP contribution in [0.5, 0.6) is 11.5 Å². The first-order chi connectivity index (χ1) is 11.5. The highest BCUT2D eigenvalue weighted by atomic mass is 35.5. The Morgan fingerprint density at radius 2 is 1.79 bits per heavy atom. The number of methoxy groups -OCH3 is 2. The molecule has 2 aromatic rings. The Morgan fingerprint density at radius 3 is 2.42 bits per heavy atom. The summed E-state index contributed by atoms with van der Waals surface area (Å²) in [5.74, 6) is -1.47. The zero-order chi connectivity index (χ0) is 17.7. The van der Waals surface area contributed by atoms with Crippen molar-refractivity contribution in [2.24, 2.45) is 0 Å². The third-order valence-electron chi connectivity index (χ3n) is 3.21. The van der Waals surface area contributed by atoms with E-state index in [1.165, 1.54) is 38.5 Å². The average molecular weight is 353 g/mol. The topological polar surface area (TPSA) is 61.8 Å². The number of Topliss-reactive ketones (excluding diaryl/α,β-unsaturated/α-hetero) is 1. The van der Waals surface area contributed by atoms with Crippen molar-refractivity contribution in [1.82, 2.24) is 0 Å². The zero-order valence-corrected chi connectivity index (χ0v) is 13.7. The fourth-order valence-corrected chi connectivity index (χ4v) is 2.23. The molecule has 0 atom stereocenters. The Kier molecular flexibility index (Phi) is 5.76. The summed E-state index contributed by atoms with van der Waals surface area (Å²) in [5, 5.41) is -0.0847. The normalized spacial score (nSPS) is 10.2. The van der Waals surface area contributed by atoms with Gasteiger partial charge in [0.2, 0.25) is 0 Å². The molecule has 0 heterocycles. The quantitative estimate of drug-likeness (QED) is 0.588. The molecule has 0 saturated carbocycles. The van der Waals surface area contributed by atoms with Crippen LogP contribution in [-0.2, 0) is 4.74 Å². The molecule has 0 unspecified atom stereocenters. The van der Waals surface area contributed by atoms with E-state index in [4.69, 9.17) is 25.8 Å². The summed E-state index contributed by atoms with van der Waals surface area (Å²) in [4.78, 5) is 24.0. The van der Waals surface area contributed by atoms with Gasteiger partial charge in [0.25, 0.3) is 0 Å². The van der Waals surface area contributed by atoms with Gasteiger partial charge in [0.1, 0.15) is 11.4 Å². The standard InChI is InChI=1S/C17H14ClFO5/c1-22-14-7-6-10(8-15(14)23-2)13(20)9-24-17(21)16-11(18)4-3-5-12(16)19/h3-8H,9H2,1-2H3. The lowest BCUT2D eigenvalue weighted by Crippen LogP contribution is -2.15. The monoisotopic (exact) mass is 352 g/mol. The van der Waals surface area contributed by atoms with Crippen LogP contribution in [0.2, 0.25) is 5.02 Å². The summed E-state index contributed by atoms with van der Waals surface area (Å²) < 4.78 is 28.7. The minimum atomic E-state index is -1.01. The van der Waals surface area contributed by atoms with Gasteiger partial charge in [-0.25, -0.2) is 9.18 Å². The van der Waals surface area contributed by atoms with Crippen LogP contribution < -0.4 is 9.47 Å². The lowest BCUT2D eigenvalue weighted by molar-refractivity contribution is 0.0470. The van der Waals surface area contributed by atoms with Crippen molar-refractivity contribution in [2.45, 2.75) is 0 Å². The number of esters is 1. The Hall–Kier alpha value is -2.60. The maximum Gasteiger partial charge on any atom is 0.343 e. The second-order valence-electron chi connectivity index (χ2n) is 4.67. The Labute approximate surface area is 142 Å². The highest BCUT2D eigenvalue weighted by Crippen LogP contribution is 2.27. The van der Waals surface area contributed by atoms with Gasteiger partial charge in [0, 0.05) is 5.56 Å². The van der Waals surface area contributed by atoms with Gasteiger partial charge >= 0.3 is 5.97 Å². The SMILES string of the molecule is COc1ccc(C(=O)COC(=O)c2c(F)cccc2Cl)cc1OC. The molecule has 0 amide bonds. The number of hydrogen-bond donors (Lipinski definition) is 0. The van der Waals surface area contributed by atoms with Gasteiger partial charge in [-0.3, -0.25) is 4.79 Å². The molecule has 7 heteroatoms. The Balaban J connectivity index is 2.09. The first kappa shape index (κ1) is 17.7. The first-order valence-corrected chi connectivity index (χ1v) is 7.22. The molecular formula is C17H14ClFO5. The highest BCUT2D eigenvalue weighted by molar-refractivity contribution is 6.33. The lowest BCUT2D eigenvalue weighted by Gasteiger charge is -2.10. The van der Waals surface area contributed by atoms with Crippen molar-refractivity contribution in [1.29, 1.82) is 0 Å². The summed E-state index contributed by atoms with van der Waals surface area (Å²) in [7, 11) is 2.91. The van der Waals surface area contributed by atoms with Gasteiger partial charge in [-0.05, 0) is 30.3 Å². The first-order valence-electron chi connectivity index (χ1n) is 6.84. The third kappa shape index (κ3) is 3.83. The largest absolute Gasteiger partial charge is 0.493 e. The molecule has 126 valence electrons. The fraction of sp³-hybridized carbons (Fsp3) is 0.176. The van der Waals surface area contributed by atoms with Crippen LogP contribution in [0.15, 0.2) is 36.4 Å². The van der Waals surface area contributed by atoms with Gasteiger partial charge in [-0.1, -0.05) is 17.7 Å². The Morgan fingerprint density at radius 1 is 1.08 bits per heavy atom. The van der Waals surface area contributed by atoms with Crippen molar-refractivity contribution in [3.05, 3.63) is 58.4 Å². The van der Waals surface area contributed by atoms with Crippen LogP contribution in [0, 0.1) is 5.82 Å². The molecule has 0 aliphatic carbocycles. The molecule has 0 spiro atoms. The van der Waals surface area contributed by atoms with E-state index in [9.17, 15) is 14.0 Å². The lowest BCUT2D eigenvalue weighted by atomic mass is 10.1. The molecule has 0 aromatic heterocycles. The number of hydrogen-bond acceptors (Lipinski definition) is 5. The molecule has 0 radical (unpaired) electrons. The molecule has 5 nitrogen and oxygen atoms in total. The maximum atomic E-state index is 13.6. The molecule has 2 aromatic carbocycles. The molecular weight excluding hydrogens is 339 g/mol. The van der Waals surface area contributed by atoms with Crippen molar-refractivity contribution in [2.75, 3.05) is 20.8 Å². The van der Waals surface area contributed by atoms with Crippen molar-refractivity contribution < 1.29 is 28.2 Å². The summed E-state index contributed by atoms with van der Waals surface area (Å²) in [6.45, 7) is -0.557. The molecule has 0 N–H and O–H groups in total. The summed E-state index contributed by atoms with van der Waals surface area (Å²) in [6.07, 6.45) is 0. The van der Waals surface area contributed by atoms with E-state index < -0.39 is 29.7 Å². The molecule has 0 bridgehead atoms. The number of rotatable bonds is 6. The predicted molar refractivity (Wildman–Crippen MR) is 85.6 cm³/mol. The summed E-state index contributed by atoms with van der Waals surface area (Å²) in [5.41, 5.74) is -0.139. The number of carbonyl (C=O) groups is 2. The smallest absolute Gasteiger partial charge is 0.343 e. The third-order valence-corrected chi connectivity index (χ3v) is 3.52. The van der Waals surface area contributed by atoms with Crippen LogP contribution in [0.1, 0.15) is 20.7 Å². The van der Waals surface area contributed by atoms with E-state index in [-0.39, 0.29) is 10.6 Å². The second-order valence-corrected chi connectivity index (χ2v) is 5.07. The maximum absolute atomic E-state index is 13.6. The fourth-order valence-electron chi connectivity index (χ4n) is 1.99. The molecule has 0 aliphatic rings. The average Bonchev–Trinajstić information content (AvgIpc) is 2.58. The number of ketones is 1. The molecule has 2 rings (SSSR count). The number of carbonyl (C=O) groups excluding carboxylic acids is 2. The van der Waals surface area contributed by atoms with Crippen LogP contribution in [-0.4, -0.2) is 32.6 Å². The molecule has 24 heavy (non-hydrogen) atoms. The van der Waals surface area contributed by atoms with Crippen LogP contribution in [0.4, 0.5) is 4.39 Å². The van der Waals surface area contributed by atoms with E-state index in [0.29, 0.717) is 11.5 Å². The van der Waals surface area contributed by atoms with Crippen LogP contribution in [0.3, 0.4) is 0 Å². The minimum absolute atomic E-state index is 0.0847.